The summed E-state index contributed by atoms with van der Waals surface area (Å²) in [4.78, 5) is 46.0. The molecule has 0 bridgehead atoms. The highest BCUT2D eigenvalue weighted by Crippen LogP contribution is 2.25. The van der Waals surface area contributed by atoms with E-state index in [1.807, 2.05) is 6.92 Å². The van der Waals surface area contributed by atoms with E-state index in [9.17, 15) is 19.2 Å². The van der Waals surface area contributed by atoms with E-state index < -0.39 is 17.7 Å². The molecule has 2 heterocycles. The van der Waals surface area contributed by atoms with Gasteiger partial charge in [-0.05, 0) is 36.6 Å². The first-order valence-corrected chi connectivity index (χ1v) is 6.93. The number of nitrogens with zero attached hydrogens (tertiary/aromatic N) is 1. The summed E-state index contributed by atoms with van der Waals surface area (Å²) in [5, 5.41) is 2.23. The first-order valence-electron chi connectivity index (χ1n) is 6.93. The maximum atomic E-state index is 12.1. The molecule has 1 fully saturated rings. The number of rotatable bonds is 3. The highest BCUT2D eigenvalue weighted by molar-refractivity contribution is 6.00. The standard InChI is InChI=1S/C15H14N2O5/c1-8-6-11-12(7-9(8)4-5-18)22-15(21)17(11)10-2-3-13(19)16-14(10)20/h5-7,10H,2-4H2,1H3,(H,16,19,20). The van der Waals surface area contributed by atoms with E-state index in [1.54, 1.807) is 12.1 Å². The van der Waals surface area contributed by atoms with Gasteiger partial charge in [-0.1, -0.05) is 0 Å². The number of amides is 2. The summed E-state index contributed by atoms with van der Waals surface area (Å²) >= 11 is 0. The van der Waals surface area contributed by atoms with Crippen LogP contribution >= 0.6 is 0 Å². The van der Waals surface area contributed by atoms with E-state index in [4.69, 9.17) is 4.42 Å². The highest BCUT2D eigenvalue weighted by Gasteiger charge is 2.31. The molecule has 1 aliphatic rings. The Hall–Kier alpha value is -2.70. The molecule has 3 rings (SSSR count). The second-order valence-electron chi connectivity index (χ2n) is 5.32. The zero-order chi connectivity index (χ0) is 15.9. The average molecular weight is 302 g/mol. The topological polar surface area (TPSA) is 98.4 Å². The number of benzene rings is 1. The number of fused-ring (bicyclic) bond motifs is 1. The Morgan fingerprint density at radius 3 is 2.82 bits per heavy atom. The molecule has 7 nitrogen and oxygen atoms in total. The van der Waals surface area contributed by atoms with Crippen molar-refractivity contribution in [3.8, 4) is 0 Å². The van der Waals surface area contributed by atoms with Gasteiger partial charge in [-0.2, -0.15) is 0 Å². The molecule has 1 aromatic heterocycles. The number of carbonyl (C=O) groups excluding carboxylic acids is 3. The molecule has 0 radical (unpaired) electrons. The Morgan fingerprint density at radius 1 is 1.36 bits per heavy atom. The van der Waals surface area contributed by atoms with Crippen LogP contribution in [0.25, 0.3) is 11.1 Å². The van der Waals surface area contributed by atoms with E-state index >= 15 is 0 Å². The lowest BCUT2D eigenvalue weighted by atomic mass is 10.0. The number of carbonyl (C=O) groups is 3. The van der Waals surface area contributed by atoms with Gasteiger partial charge in [0.05, 0.1) is 5.52 Å². The van der Waals surface area contributed by atoms with Crippen molar-refractivity contribution in [2.75, 3.05) is 0 Å². The van der Waals surface area contributed by atoms with Crippen LogP contribution in [-0.4, -0.2) is 22.7 Å². The molecule has 114 valence electrons. The maximum absolute atomic E-state index is 12.1. The fourth-order valence-corrected chi connectivity index (χ4v) is 2.76. The summed E-state index contributed by atoms with van der Waals surface area (Å²) in [7, 11) is 0. The summed E-state index contributed by atoms with van der Waals surface area (Å²) in [6, 6.07) is 2.61. The number of piperidine rings is 1. The molecule has 7 heteroatoms. The third-order valence-electron chi connectivity index (χ3n) is 3.90. The number of aromatic nitrogens is 1. The van der Waals surface area contributed by atoms with Crippen LogP contribution in [0.1, 0.15) is 30.0 Å². The number of aryl methyl sites for hydroxylation is 1. The van der Waals surface area contributed by atoms with Crippen LogP contribution in [-0.2, 0) is 20.8 Å². The molecule has 1 aromatic carbocycles. The zero-order valence-electron chi connectivity index (χ0n) is 11.9. The molecule has 0 aliphatic carbocycles. The Morgan fingerprint density at radius 2 is 2.14 bits per heavy atom. The van der Waals surface area contributed by atoms with E-state index in [-0.39, 0.29) is 25.2 Å². The molecule has 1 N–H and O–H groups in total. The molecular weight excluding hydrogens is 288 g/mol. The van der Waals surface area contributed by atoms with Gasteiger partial charge in [-0.15, -0.1) is 0 Å². The molecule has 2 aromatic rings. The van der Waals surface area contributed by atoms with Crippen LogP contribution < -0.4 is 11.1 Å². The molecule has 1 aliphatic heterocycles. The van der Waals surface area contributed by atoms with Crippen LogP contribution in [0.15, 0.2) is 21.3 Å². The third kappa shape index (κ3) is 2.24. The normalized spacial score (nSPS) is 18.5. The first kappa shape index (κ1) is 14.2. The number of hydrogen-bond donors (Lipinski definition) is 1. The zero-order valence-corrected chi connectivity index (χ0v) is 11.9. The van der Waals surface area contributed by atoms with E-state index in [2.05, 4.69) is 5.32 Å². The summed E-state index contributed by atoms with van der Waals surface area (Å²) < 4.78 is 6.47. The van der Waals surface area contributed by atoms with Gasteiger partial charge in [0.25, 0.3) is 0 Å². The predicted octanol–water partition coefficient (Wildman–Crippen LogP) is 0.622. The number of aldehydes is 1. The van der Waals surface area contributed by atoms with Crippen molar-refractivity contribution in [1.29, 1.82) is 0 Å². The van der Waals surface area contributed by atoms with E-state index in [0.717, 1.165) is 17.4 Å². The Kier molecular flexibility index (Phi) is 3.40. The van der Waals surface area contributed by atoms with Crippen molar-refractivity contribution < 1.29 is 18.8 Å². The van der Waals surface area contributed by atoms with Gasteiger partial charge in [-0.25, -0.2) is 4.79 Å². The predicted molar refractivity (Wildman–Crippen MR) is 76.4 cm³/mol. The quantitative estimate of drug-likeness (QED) is 0.662. The van der Waals surface area contributed by atoms with E-state index in [1.165, 1.54) is 4.57 Å². The van der Waals surface area contributed by atoms with Crippen LogP contribution in [0, 0.1) is 6.92 Å². The fourth-order valence-electron chi connectivity index (χ4n) is 2.76. The molecule has 1 saturated heterocycles. The molecule has 2 amide bonds. The van der Waals surface area contributed by atoms with Crippen LogP contribution in [0.5, 0.6) is 0 Å². The minimum absolute atomic E-state index is 0.178. The average Bonchev–Trinajstić information content (AvgIpc) is 2.75. The van der Waals surface area contributed by atoms with Gasteiger partial charge in [0, 0.05) is 12.8 Å². The molecule has 1 atom stereocenters. The monoisotopic (exact) mass is 302 g/mol. The molecule has 0 spiro atoms. The Balaban J connectivity index is 2.14. The highest BCUT2D eigenvalue weighted by atomic mass is 16.4. The van der Waals surface area contributed by atoms with Gasteiger partial charge in [0.2, 0.25) is 11.8 Å². The molecule has 1 unspecified atom stereocenters. The lowest BCUT2D eigenvalue weighted by Crippen LogP contribution is -2.43. The minimum atomic E-state index is -0.761. The largest absolute Gasteiger partial charge is 0.420 e. The molecule has 22 heavy (non-hydrogen) atoms. The SMILES string of the molecule is Cc1cc2c(cc1CC=O)oc(=O)n2C1CCC(=O)NC1=O. The maximum Gasteiger partial charge on any atom is 0.420 e. The second kappa shape index (κ2) is 5.25. The molecule has 0 saturated carbocycles. The van der Waals surface area contributed by atoms with Crippen LogP contribution in [0.2, 0.25) is 0 Å². The summed E-state index contributed by atoms with van der Waals surface area (Å²) in [6.07, 6.45) is 1.45. The van der Waals surface area contributed by atoms with Gasteiger partial charge < -0.3 is 9.21 Å². The molecular formula is C15H14N2O5. The van der Waals surface area contributed by atoms with Crippen molar-refractivity contribution in [1.82, 2.24) is 9.88 Å². The van der Waals surface area contributed by atoms with E-state index in [0.29, 0.717) is 11.1 Å². The van der Waals surface area contributed by atoms with Gasteiger partial charge in [0.1, 0.15) is 12.3 Å². The number of oxazole rings is 1. The lowest BCUT2D eigenvalue weighted by molar-refractivity contribution is -0.135. The second-order valence-corrected chi connectivity index (χ2v) is 5.32. The third-order valence-corrected chi connectivity index (χ3v) is 3.90. The number of imide groups is 1. The van der Waals surface area contributed by atoms with Crippen LogP contribution in [0.3, 0.4) is 0 Å². The summed E-state index contributed by atoms with van der Waals surface area (Å²) in [6.45, 7) is 1.82. The van der Waals surface area contributed by atoms with Gasteiger partial charge in [0.15, 0.2) is 5.58 Å². The van der Waals surface area contributed by atoms with Gasteiger partial charge in [-0.3, -0.25) is 19.5 Å². The van der Waals surface area contributed by atoms with Crippen molar-refractivity contribution in [3.63, 3.8) is 0 Å². The van der Waals surface area contributed by atoms with Crippen molar-refractivity contribution in [2.24, 2.45) is 0 Å². The summed E-state index contributed by atoms with van der Waals surface area (Å²) in [5.41, 5.74) is 2.43. The van der Waals surface area contributed by atoms with Crippen molar-refractivity contribution in [2.45, 2.75) is 32.2 Å². The fraction of sp³-hybridized carbons (Fsp3) is 0.333. The summed E-state index contributed by atoms with van der Waals surface area (Å²) in [5.74, 6) is -1.49. The number of nitrogens with one attached hydrogen (secondary N) is 1. The van der Waals surface area contributed by atoms with Crippen molar-refractivity contribution >= 4 is 29.2 Å². The first-order chi connectivity index (χ1) is 10.5. The Labute approximate surface area is 124 Å². The van der Waals surface area contributed by atoms with Crippen molar-refractivity contribution in [3.05, 3.63) is 33.8 Å². The lowest BCUT2D eigenvalue weighted by Gasteiger charge is -2.21. The van der Waals surface area contributed by atoms with Gasteiger partial charge >= 0.3 is 5.76 Å². The van der Waals surface area contributed by atoms with Crippen LogP contribution in [0.4, 0.5) is 0 Å². The smallest absolute Gasteiger partial charge is 0.408 e. The number of hydrogen-bond acceptors (Lipinski definition) is 5. The minimum Gasteiger partial charge on any atom is -0.408 e. The Bertz CT molecular complexity index is 845.